The van der Waals surface area contributed by atoms with Crippen LogP contribution in [-0.4, -0.2) is 47.8 Å². The Labute approximate surface area is 105 Å². The molecular formula is C13H27NO3. The molecule has 0 radical (unpaired) electrons. The van der Waals surface area contributed by atoms with Crippen molar-refractivity contribution in [1.82, 2.24) is 4.90 Å². The largest absolute Gasteiger partial charge is 0.479 e. The highest BCUT2D eigenvalue weighted by Crippen LogP contribution is 2.06. The summed E-state index contributed by atoms with van der Waals surface area (Å²) >= 11 is 0. The molecule has 0 saturated carbocycles. The molecule has 102 valence electrons. The topological polar surface area (TPSA) is 49.8 Å². The van der Waals surface area contributed by atoms with E-state index in [2.05, 4.69) is 25.7 Å². The molecule has 0 spiro atoms. The molecular weight excluding hydrogens is 218 g/mol. The first-order valence-corrected chi connectivity index (χ1v) is 6.61. The molecule has 0 amide bonds. The molecule has 0 aromatic heterocycles. The molecule has 0 bridgehead atoms. The first-order valence-electron chi connectivity index (χ1n) is 6.61. The molecule has 0 fully saturated rings. The van der Waals surface area contributed by atoms with E-state index in [0.29, 0.717) is 19.2 Å². The van der Waals surface area contributed by atoms with E-state index in [1.54, 1.807) is 0 Å². The van der Waals surface area contributed by atoms with Crippen LogP contribution >= 0.6 is 0 Å². The molecule has 1 unspecified atom stereocenters. The van der Waals surface area contributed by atoms with E-state index in [9.17, 15) is 4.79 Å². The highest BCUT2D eigenvalue weighted by atomic mass is 16.5. The highest BCUT2D eigenvalue weighted by molar-refractivity contribution is 5.72. The number of ether oxygens (including phenoxy) is 1. The molecule has 4 heteroatoms. The van der Waals surface area contributed by atoms with Crippen molar-refractivity contribution >= 4 is 5.97 Å². The molecule has 0 aromatic carbocycles. The van der Waals surface area contributed by atoms with Gasteiger partial charge in [-0.15, -0.1) is 0 Å². The van der Waals surface area contributed by atoms with Crippen LogP contribution < -0.4 is 0 Å². The fourth-order valence-electron chi connectivity index (χ4n) is 1.74. The lowest BCUT2D eigenvalue weighted by Gasteiger charge is -2.29. The van der Waals surface area contributed by atoms with Crippen LogP contribution in [0.3, 0.4) is 0 Å². The lowest BCUT2D eigenvalue weighted by atomic mass is 10.2. The minimum absolute atomic E-state index is 0.356. The number of rotatable bonds is 10. The summed E-state index contributed by atoms with van der Waals surface area (Å²) in [5.41, 5.74) is 0. The van der Waals surface area contributed by atoms with Gasteiger partial charge in [0.1, 0.15) is 0 Å². The van der Waals surface area contributed by atoms with Gasteiger partial charge in [-0.3, -0.25) is 4.90 Å². The number of carbonyl (C=O) groups is 1. The average Bonchev–Trinajstić information content (AvgIpc) is 2.26. The van der Waals surface area contributed by atoms with Crippen LogP contribution in [0.15, 0.2) is 0 Å². The van der Waals surface area contributed by atoms with Crippen molar-refractivity contribution < 1.29 is 14.6 Å². The first kappa shape index (κ1) is 16.4. The summed E-state index contributed by atoms with van der Waals surface area (Å²) in [5, 5.41) is 9.05. The van der Waals surface area contributed by atoms with Crippen molar-refractivity contribution in [2.45, 2.75) is 59.1 Å². The maximum Gasteiger partial charge on any atom is 0.334 e. The number of carboxylic acids is 1. The van der Waals surface area contributed by atoms with Crippen LogP contribution in [0.4, 0.5) is 0 Å². The van der Waals surface area contributed by atoms with Gasteiger partial charge >= 0.3 is 5.97 Å². The van der Waals surface area contributed by atoms with Crippen molar-refractivity contribution in [1.29, 1.82) is 0 Å². The third-order valence-electron chi connectivity index (χ3n) is 2.82. The number of hydrogen-bond donors (Lipinski definition) is 1. The maximum atomic E-state index is 11.0. The van der Waals surface area contributed by atoms with E-state index in [1.165, 1.54) is 12.8 Å². The third-order valence-corrected chi connectivity index (χ3v) is 2.82. The Bertz CT molecular complexity index is 207. The fourth-order valence-corrected chi connectivity index (χ4v) is 1.74. The quantitative estimate of drug-likeness (QED) is 0.600. The van der Waals surface area contributed by atoms with E-state index < -0.39 is 12.1 Å². The summed E-state index contributed by atoms with van der Waals surface area (Å²) in [7, 11) is 0. The smallest absolute Gasteiger partial charge is 0.334 e. The van der Waals surface area contributed by atoms with E-state index in [4.69, 9.17) is 9.84 Å². The van der Waals surface area contributed by atoms with E-state index in [1.807, 2.05) is 6.92 Å². The molecule has 0 aromatic rings. The van der Waals surface area contributed by atoms with Crippen LogP contribution in [0.2, 0.25) is 0 Å². The predicted molar refractivity (Wildman–Crippen MR) is 69.3 cm³/mol. The summed E-state index contributed by atoms with van der Waals surface area (Å²) in [6.07, 6.45) is 2.78. The maximum absolute atomic E-state index is 11.0. The van der Waals surface area contributed by atoms with Crippen molar-refractivity contribution in [2.24, 2.45) is 0 Å². The average molecular weight is 245 g/mol. The van der Waals surface area contributed by atoms with Crippen molar-refractivity contribution in [3.8, 4) is 0 Å². The fraction of sp³-hybridized carbons (Fsp3) is 0.923. The van der Waals surface area contributed by atoms with E-state index in [-0.39, 0.29) is 0 Å². The molecule has 1 atom stereocenters. The van der Waals surface area contributed by atoms with Crippen LogP contribution in [0, 0.1) is 0 Å². The Morgan fingerprint density at radius 2 is 1.94 bits per heavy atom. The van der Waals surface area contributed by atoms with Crippen LogP contribution in [0.1, 0.15) is 47.0 Å². The summed E-state index contributed by atoms with van der Waals surface area (Å²) in [6.45, 7) is 10.0. The zero-order chi connectivity index (χ0) is 13.3. The molecule has 0 saturated heterocycles. The monoisotopic (exact) mass is 245 g/mol. The Morgan fingerprint density at radius 3 is 2.35 bits per heavy atom. The molecule has 0 aliphatic rings. The number of hydrogen-bond acceptors (Lipinski definition) is 3. The zero-order valence-electron chi connectivity index (χ0n) is 11.6. The number of carboxylic acid groups (broad SMARTS) is 1. The molecule has 1 N–H and O–H groups in total. The highest BCUT2D eigenvalue weighted by Gasteiger charge is 2.22. The molecule has 0 rings (SSSR count). The minimum Gasteiger partial charge on any atom is -0.479 e. The van der Waals surface area contributed by atoms with Crippen LogP contribution in [-0.2, 0) is 9.53 Å². The third kappa shape index (κ3) is 7.34. The number of nitrogens with zero attached hydrogens (tertiary/aromatic N) is 1. The van der Waals surface area contributed by atoms with E-state index >= 15 is 0 Å². The van der Waals surface area contributed by atoms with Crippen LogP contribution in [0.5, 0.6) is 0 Å². The standard InChI is InChI=1S/C13H27NO3/c1-5-7-8-9-14(11(3)4)10-12(13(15)16)17-6-2/h11-12H,5-10H2,1-4H3,(H,15,16). The molecule has 17 heavy (non-hydrogen) atoms. The summed E-state index contributed by atoms with van der Waals surface area (Å²) in [4.78, 5) is 13.2. The van der Waals surface area contributed by atoms with Gasteiger partial charge in [-0.25, -0.2) is 4.79 Å². The summed E-state index contributed by atoms with van der Waals surface area (Å²) in [6, 6.07) is 0.356. The second kappa shape index (κ2) is 9.42. The van der Waals surface area contributed by atoms with Gasteiger partial charge in [-0.05, 0) is 33.7 Å². The van der Waals surface area contributed by atoms with Gasteiger partial charge in [-0.2, -0.15) is 0 Å². The summed E-state index contributed by atoms with van der Waals surface area (Å²) < 4.78 is 5.25. The minimum atomic E-state index is -0.868. The Hall–Kier alpha value is -0.610. The van der Waals surface area contributed by atoms with Gasteiger partial charge in [0.25, 0.3) is 0 Å². The van der Waals surface area contributed by atoms with Crippen molar-refractivity contribution in [3.05, 3.63) is 0 Å². The van der Waals surface area contributed by atoms with Crippen molar-refractivity contribution in [2.75, 3.05) is 19.7 Å². The molecule has 0 aliphatic carbocycles. The Kier molecular flexibility index (Phi) is 9.09. The zero-order valence-corrected chi connectivity index (χ0v) is 11.6. The first-order chi connectivity index (χ1) is 8.02. The number of unbranched alkanes of at least 4 members (excludes halogenated alkanes) is 2. The van der Waals surface area contributed by atoms with Crippen molar-refractivity contribution in [3.63, 3.8) is 0 Å². The SMILES string of the molecule is CCCCCN(CC(OCC)C(=O)O)C(C)C. The van der Waals surface area contributed by atoms with Gasteiger partial charge in [0, 0.05) is 19.2 Å². The normalized spacial score (nSPS) is 13.3. The number of aliphatic carboxylic acids is 1. The predicted octanol–water partition coefficient (Wildman–Crippen LogP) is 2.38. The Morgan fingerprint density at radius 1 is 1.29 bits per heavy atom. The molecule has 0 aliphatic heterocycles. The Balaban J connectivity index is 4.23. The van der Waals surface area contributed by atoms with Gasteiger partial charge in [0.15, 0.2) is 6.10 Å². The van der Waals surface area contributed by atoms with Crippen LogP contribution in [0.25, 0.3) is 0 Å². The molecule has 0 heterocycles. The van der Waals surface area contributed by atoms with Gasteiger partial charge in [0.2, 0.25) is 0 Å². The van der Waals surface area contributed by atoms with E-state index in [0.717, 1.165) is 13.0 Å². The second-order valence-corrected chi connectivity index (χ2v) is 4.58. The lowest BCUT2D eigenvalue weighted by molar-refractivity contribution is -0.151. The summed E-state index contributed by atoms with van der Waals surface area (Å²) in [5.74, 6) is -0.868. The second-order valence-electron chi connectivity index (χ2n) is 4.58. The lowest BCUT2D eigenvalue weighted by Crippen LogP contribution is -2.42. The van der Waals surface area contributed by atoms with Gasteiger partial charge in [-0.1, -0.05) is 19.8 Å². The van der Waals surface area contributed by atoms with Gasteiger partial charge in [0.05, 0.1) is 0 Å². The molecule has 4 nitrogen and oxygen atoms in total. The van der Waals surface area contributed by atoms with Gasteiger partial charge < -0.3 is 9.84 Å².